The molecule has 4 heteroatoms. The molecule has 0 radical (unpaired) electrons. The number of anilines is 1. The molecule has 90 valence electrons. The van der Waals surface area contributed by atoms with Gasteiger partial charge in [0.15, 0.2) is 0 Å². The predicted molar refractivity (Wildman–Crippen MR) is 80.3 cm³/mol. The van der Waals surface area contributed by atoms with Crippen LogP contribution in [0.3, 0.4) is 0 Å². The van der Waals surface area contributed by atoms with E-state index >= 15 is 0 Å². The molecule has 1 heterocycles. The van der Waals surface area contributed by atoms with Crippen molar-refractivity contribution in [3.63, 3.8) is 0 Å². The molecule has 0 atom stereocenters. The third kappa shape index (κ3) is 3.03. The zero-order valence-electron chi connectivity index (χ0n) is 9.68. The molecule has 0 unspecified atom stereocenters. The Bertz CT molecular complexity index is 517. The summed E-state index contributed by atoms with van der Waals surface area (Å²) in [5.41, 5.74) is 3.79. The van der Waals surface area contributed by atoms with Crippen molar-refractivity contribution in [2.45, 2.75) is 20.4 Å². The minimum absolute atomic E-state index is 0.806. The molecule has 0 amide bonds. The summed E-state index contributed by atoms with van der Waals surface area (Å²) in [7, 11) is 0. The fourth-order valence-electron chi connectivity index (χ4n) is 1.60. The monoisotopic (exact) mass is 329 g/mol. The normalized spacial score (nSPS) is 10.6. The van der Waals surface area contributed by atoms with Crippen LogP contribution in [0, 0.1) is 13.8 Å². The highest BCUT2D eigenvalue weighted by Gasteiger charge is 2.05. The van der Waals surface area contributed by atoms with Gasteiger partial charge in [-0.25, -0.2) is 0 Å². The minimum atomic E-state index is 0.806. The number of halogens is 2. The van der Waals surface area contributed by atoms with Crippen LogP contribution in [0.2, 0.25) is 4.34 Å². The van der Waals surface area contributed by atoms with Crippen LogP contribution in [-0.4, -0.2) is 0 Å². The van der Waals surface area contributed by atoms with E-state index in [1.807, 2.05) is 0 Å². The molecule has 17 heavy (non-hydrogen) atoms. The second-order valence-corrected chi connectivity index (χ2v) is 6.53. The molecule has 0 saturated carbocycles. The van der Waals surface area contributed by atoms with Gasteiger partial charge < -0.3 is 5.32 Å². The fourth-order valence-corrected chi connectivity index (χ4v) is 3.33. The summed E-state index contributed by atoms with van der Waals surface area (Å²) < 4.78 is 1.78. The van der Waals surface area contributed by atoms with Gasteiger partial charge in [0.05, 0.1) is 0 Å². The molecule has 1 nitrogen and oxygen atoms in total. The Morgan fingerprint density at radius 2 is 2.12 bits per heavy atom. The summed E-state index contributed by atoms with van der Waals surface area (Å²) in [5, 5.41) is 3.44. The average molecular weight is 331 g/mol. The molecule has 1 aromatic heterocycles. The fraction of sp³-hybridized carbons (Fsp3) is 0.231. The summed E-state index contributed by atoms with van der Waals surface area (Å²) in [6.07, 6.45) is 0. The molecule has 0 spiro atoms. The zero-order valence-corrected chi connectivity index (χ0v) is 12.8. The van der Waals surface area contributed by atoms with E-state index in [2.05, 4.69) is 59.4 Å². The molecule has 2 rings (SSSR count). The van der Waals surface area contributed by atoms with E-state index in [1.54, 1.807) is 11.3 Å². The van der Waals surface area contributed by atoms with Gasteiger partial charge in [-0.3, -0.25) is 0 Å². The second-order valence-electron chi connectivity index (χ2n) is 3.94. The van der Waals surface area contributed by atoms with Gasteiger partial charge >= 0.3 is 0 Å². The Kier molecular flexibility index (Phi) is 4.13. The smallest absolute Gasteiger partial charge is 0.107 e. The third-order valence-electron chi connectivity index (χ3n) is 2.75. The van der Waals surface area contributed by atoms with Gasteiger partial charge in [0.25, 0.3) is 0 Å². The van der Waals surface area contributed by atoms with E-state index in [0.29, 0.717) is 0 Å². The Morgan fingerprint density at radius 3 is 2.76 bits per heavy atom. The number of aryl methyl sites for hydroxylation is 1. The largest absolute Gasteiger partial charge is 0.380 e. The highest BCUT2D eigenvalue weighted by atomic mass is 79.9. The van der Waals surface area contributed by atoms with Gasteiger partial charge in [-0.15, -0.1) is 11.3 Å². The van der Waals surface area contributed by atoms with Gasteiger partial charge in [-0.1, -0.05) is 23.7 Å². The van der Waals surface area contributed by atoms with Crippen molar-refractivity contribution in [1.29, 1.82) is 0 Å². The second kappa shape index (κ2) is 5.42. The molecule has 0 aliphatic carbocycles. The van der Waals surface area contributed by atoms with Gasteiger partial charge in [0, 0.05) is 21.6 Å². The number of hydrogen-bond acceptors (Lipinski definition) is 2. The van der Waals surface area contributed by atoms with Crippen LogP contribution < -0.4 is 5.32 Å². The first-order valence-corrected chi connectivity index (χ1v) is 7.30. The zero-order chi connectivity index (χ0) is 12.4. The van der Waals surface area contributed by atoms with E-state index in [1.165, 1.54) is 21.7 Å². The van der Waals surface area contributed by atoms with Gasteiger partial charge in [-0.2, -0.15) is 0 Å². The minimum Gasteiger partial charge on any atom is -0.380 e. The maximum Gasteiger partial charge on any atom is 0.107 e. The summed E-state index contributed by atoms with van der Waals surface area (Å²) in [6.45, 7) is 5.06. The van der Waals surface area contributed by atoms with Crippen molar-refractivity contribution in [2.24, 2.45) is 0 Å². The van der Waals surface area contributed by atoms with Gasteiger partial charge in [0.2, 0.25) is 0 Å². The SMILES string of the molecule is Cc1cccc(NCc2cc(Br)c(Cl)s2)c1C. The van der Waals surface area contributed by atoms with Crippen molar-refractivity contribution in [3.05, 3.63) is 49.1 Å². The molecule has 0 aliphatic heterocycles. The molecule has 0 bridgehead atoms. The molecule has 2 aromatic rings. The first-order chi connectivity index (χ1) is 8.08. The molecular weight excluding hydrogens is 318 g/mol. The topological polar surface area (TPSA) is 12.0 Å². The summed E-state index contributed by atoms with van der Waals surface area (Å²) in [5.74, 6) is 0. The van der Waals surface area contributed by atoms with E-state index in [-0.39, 0.29) is 0 Å². The Morgan fingerprint density at radius 1 is 1.35 bits per heavy atom. The quantitative estimate of drug-likeness (QED) is 0.795. The molecule has 0 aliphatic rings. The average Bonchev–Trinajstić information content (AvgIpc) is 2.61. The Hall–Kier alpha value is -0.510. The highest BCUT2D eigenvalue weighted by Crippen LogP contribution is 2.32. The maximum atomic E-state index is 6.01. The van der Waals surface area contributed by atoms with E-state index in [9.17, 15) is 0 Å². The first kappa shape index (κ1) is 12.9. The Labute approximate surface area is 119 Å². The van der Waals surface area contributed by atoms with Crippen molar-refractivity contribution < 1.29 is 0 Å². The van der Waals surface area contributed by atoms with Gasteiger partial charge in [0.1, 0.15) is 4.34 Å². The van der Waals surface area contributed by atoms with E-state index in [4.69, 9.17) is 11.6 Å². The van der Waals surface area contributed by atoms with Crippen molar-refractivity contribution in [3.8, 4) is 0 Å². The lowest BCUT2D eigenvalue weighted by atomic mass is 10.1. The summed E-state index contributed by atoms with van der Waals surface area (Å²) in [6, 6.07) is 8.36. The number of rotatable bonds is 3. The molecule has 0 fully saturated rings. The van der Waals surface area contributed by atoms with E-state index in [0.717, 1.165) is 15.4 Å². The number of benzene rings is 1. The predicted octanol–water partition coefficient (Wildman–Crippen LogP) is 5.39. The lowest BCUT2D eigenvalue weighted by Gasteiger charge is -2.10. The van der Waals surface area contributed by atoms with Gasteiger partial charge in [-0.05, 0) is 53.0 Å². The molecular formula is C13H13BrClNS. The third-order valence-corrected chi connectivity index (χ3v) is 5.23. The first-order valence-electron chi connectivity index (χ1n) is 5.31. The van der Waals surface area contributed by atoms with Crippen LogP contribution in [0.25, 0.3) is 0 Å². The summed E-state index contributed by atoms with van der Waals surface area (Å²) in [4.78, 5) is 1.22. The molecule has 1 N–H and O–H groups in total. The van der Waals surface area contributed by atoms with Crippen LogP contribution in [0.4, 0.5) is 5.69 Å². The van der Waals surface area contributed by atoms with Crippen molar-refractivity contribution >= 4 is 44.6 Å². The summed E-state index contributed by atoms with van der Waals surface area (Å²) >= 11 is 11.0. The standard InChI is InChI=1S/C13H13BrClNS/c1-8-4-3-5-12(9(8)2)16-7-10-6-11(14)13(15)17-10/h3-6,16H,7H2,1-2H3. The van der Waals surface area contributed by atoms with Crippen LogP contribution in [0.15, 0.2) is 28.7 Å². The lowest BCUT2D eigenvalue weighted by molar-refractivity contribution is 1.17. The Balaban J connectivity index is 2.10. The maximum absolute atomic E-state index is 6.01. The van der Waals surface area contributed by atoms with Crippen LogP contribution >= 0.6 is 38.9 Å². The number of thiophene rings is 1. The highest BCUT2D eigenvalue weighted by molar-refractivity contribution is 9.10. The lowest BCUT2D eigenvalue weighted by Crippen LogP contribution is -2.00. The van der Waals surface area contributed by atoms with Crippen LogP contribution in [0.5, 0.6) is 0 Å². The van der Waals surface area contributed by atoms with Crippen LogP contribution in [-0.2, 0) is 6.54 Å². The molecule has 1 aromatic carbocycles. The van der Waals surface area contributed by atoms with E-state index < -0.39 is 0 Å². The van der Waals surface area contributed by atoms with Crippen molar-refractivity contribution in [1.82, 2.24) is 0 Å². The number of nitrogens with one attached hydrogen (secondary N) is 1. The molecule has 0 saturated heterocycles. The number of hydrogen-bond donors (Lipinski definition) is 1. The van der Waals surface area contributed by atoms with Crippen LogP contribution in [0.1, 0.15) is 16.0 Å². The van der Waals surface area contributed by atoms with Crippen molar-refractivity contribution in [2.75, 3.05) is 5.32 Å².